The van der Waals surface area contributed by atoms with Gasteiger partial charge in [0, 0.05) is 37.1 Å². The van der Waals surface area contributed by atoms with E-state index in [4.69, 9.17) is 11.6 Å². The highest BCUT2D eigenvalue weighted by Gasteiger charge is 2.20. The third-order valence-electron chi connectivity index (χ3n) is 4.48. The fraction of sp³-hybridized carbons (Fsp3) is 0.333. The van der Waals surface area contributed by atoms with Crippen LogP contribution in [0.4, 0.5) is 5.82 Å². The van der Waals surface area contributed by atoms with Gasteiger partial charge in [-0.2, -0.15) is 4.98 Å². The van der Waals surface area contributed by atoms with Crippen molar-refractivity contribution in [1.29, 1.82) is 0 Å². The first-order valence-electron chi connectivity index (χ1n) is 8.26. The van der Waals surface area contributed by atoms with Gasteiger partial charge in [0.05, 0.1) is 5.39 Å². The minimum Gasteiger partial charge on any atom is -0.353 e. The molecule has 2 aromatic heterocycles. The van der Waals surface area contributed by atoms with Crippen LogP contribution in [0, 0.1) is 0 Å². The zero-order valence-electron chi connectivity index (χ0n) is 13.6. The Morgan fingerprint density at radius 1 is 1.17 bits per heavy atom. The summed E-state index contributed by atoms with van der Waals surface area (Å²) < 4.78 is 0. The fourth-order valence-corrected chi connectivity index (χ4v) is 4.29. The van der Waals surface area contributed by atoms with E-state index in [0.29, 0.717) is 5.28 Å². The van der Waals surface area contributed by atoms with E-state index in [0.717, 1.165) is 48.6 Å². The van der Waals surface area contributed by atoms with Gasteiger partial charge in [0.1, 0.15) is 10.6 Å². The molecular formula is C18H19ClN4S. The molecule has 0 amide bonds. The largest absolute Gasteiger partial charge is 0.353 e. The average molecular weight is 359 g/mol. The van der Waals surface area contributed by atoms with Gasteiger partial charge < -0.3 is 10.2 Å². The van der Waals surface area contributed by atoms with Gasteiger partial charge in [0.2, 0.25) is 5.28 Å². The van der Waals surface area contributed by atoms with Gasteiger partial charge in [0.15, 0.2) is 0 Å². The number of aromatic nitrogens is 2. The summed E-state index contributed by atoms with van der Waals surface area (Å²) in [5, 5.41) is 7.00. The number of aryl methyl sites for hydroxylation is 1. The SMILES string of the molecule is CCc1ccc(-c2csc3nc(Cl)nc(N4CCNCC4)c23)cc1. The summed E-state index contributed by atoms with van der Waals surface area (Å²) in [6, 6.07) is 8.77. The maximum absolute atomic E-state index is 6.18. The molecule has 0 unspecified atom stereocenters. The number of rotatable bonds is 3. The van der Waals surface area contributed by atoms with Crippen LogP contribution >= 0.6 is 22.9 Å². The second-order valence-corrected chi connectivity index (χ2v) is 7.13. The molecule has 0 saturated carbocycles. The molecule has 1 fully saturated rings. The number of hydrogen-bond donors (Lipinski definition) is 1. The molecule has 3 aromatic rings. The van der Waals surface area contributed by atoms with Crippen molar-refractivity contribution in [2.45, 2.75) is 13.3 Å². The molecule has 1 aliphatic heterocycles. The van der Waals surface area contributed by atoms with Crippen molar-refractivity contribution < 1.29 is 0 Å². The third kappa shape index (κ3) is 2.88. The number of hydrogen-bond acceptors (Lipinski definition) is 5. The number of benzene rings is 1. The number of halogens is 1. The molecule has 1 aromatic carbocycles. The van der Waals surface area contributed by atoms with Gasteiger partial charge in [-0.15, -0.1) is 11.3 Å². The standard InChI is InChI=1S/C18H19ClN4S/c1-2-12-3-5-13(6-4-12)14-11-24-17-15(14)16(21-18(19)22-17)23-9-7-20-8-10-23/h3-6,11,20H,2,7-10H2,1H3. The summed E-state index contributed by atoms with van der Waals surface area (Å²) in [5.74, 6) is 0.960. The Balaban J connectivity index is 1.86. The fourth-order valence-electron chi connectivity index (χ4n) is 3.14. The minimum absolute atomic E-state index is 0.325. The van der Waals surface area contributed by atoms with E-state index in [-0.39, 0.29) is 0 Å². The normalized spacial score (nSPS) is 15.2. The van der Waals surface area contributed by atoms with Gasteiger partial charge >= 0.3 is 0 Å². The van der Waals surface area contributed by atoms with Crippen molar-refractivity contribution in [2.75, 3.05) is 31.1 Å². The summed E-state index contributed by atoms with van der Waals surface area (Å²) in [4.78, 5) is 12.3. The second kappa shape index (κ2) is 6.67. The lowest BCUT2D eigenvalue weighted by Gasteiger charge is -2.29. The van der Waals surface area contributed by atoms with E-state index in [9.17, 15) is 0 Å². The Labute approximate surface area is 150 Å². The molecule has 1 N–H and O–H groups in total. The first-order chi connectivity index (χ1) is 11.8. The van der Waals surface area contributed by atoms with E-state index in [2.05, 4.69) is 56.8 Å². The maximum Gasteiger partial charge on any atom is 0.225 e. The van der Waals surface area contributed by atoms with E-state index < -0.39 is 0 Å². The molecule has 1 aliphatic rings. The van der Waals surface area contributed by atoms with Crippen molar-refractivity contribution in [3.63, 3.8) is 0 Å². The quantitative estimate of drug-likeness (QED) is 0.719. The van der Waals surface area contributed by atoms with Crippen molar-refractivity contribution in [1.82, 2.24) is 15.3 Å². The van der Waals surface area contributed by atoms with Crippen LogP contribution < -0.4 is 10.2 Å². The number of fused-ring (bicyclic) bond motifs is 1. The van der Waals surface area contributed by atoms with Crippen LogP contribution in [0.1, 0.15) is 12.5 Å². The highest BCUT2D eigenvalue weighted by Crippen LogP contribution is 2.39. The lowest BCUT2D eigenvalue weighted by molar-refractivity contribution is 0.586. The monoisotopic (exact) mass is 358 g/mol. The van der Waals surface area contributed by atoms with E-state index >= 15 is 0 Å². The maximum atomic E-state index is 6.18. The zero-order chi connectivity index (χ0) is 16.5. The van der Waals surface area contributed by atoms with Gasteiger partial charge in [-0.3, -0.25) is 0 Å². The summed E-state index contributed by atoms with van der Waals surface area (Å²) in [7, 11) is 0. The second-order valence-electron chi connectivity index (χ2n) is 5.93. The van der Waals surface area contributed by atoms with Gasteiger partial charge in [-0.25, -0.2) is 4.98 Å². The van der Waals surface area contributed by atoms with Gasteiger partial charge in [0.25, 0.3) is 0 Å². The number of nitrogens with zero attached hydrogens (tertiary/aromatic N) is 3. The first kappa shape index (κ1) is 15.8. The lowest BCUT2D eigenvalue weighted by atomic mass is 10.0. The molecule has 0 atom stereocenters. The van der Waals surface area contributed by atoms with Crippen LogP contribution in [-0.2, 0) is 6.42 Å². The Kier molecular flexibility index (Phi) is 4.39. The third-order valence-corrected chi connectivity index (χ3v) is 5.52. The highest BCUT2D eigenvalue weighted by molar-refractivity contribution is 7.17. The molecule has 4 rings (SSSR count). The predicted molar refractivity (Wildman–Crippen MR) is 102 cm³/mol. The molecule has 24 heavy (non-hydrogen) atoms. The average Bonchev–Trinajstić information content (AvgIpc) is 3.05. The number of nitrogens with one attached hydrogen (secondary N) is 1. The van der Waals surface area contributed by atoms with Crippen LogP contribution in [-0.4, -0.2) is 36.1 Å². The number of piperazine rings is 1. The smallest absolute Gasteiger partial charge is 0.225 e. The summed E-state index contributed by atoms with van der Waals surface area (Å²) in [6.07, 6.45) is 1.05. The lowest BCUT2D eigenvalue weighted by Crippen LogP contribution is -2.44. The van der Waals surface area contributed by atoms with Crippen LogP contribution in [0.25, 0.3) is 21.3 Å². The molecule has 124 valence electrons. The predicted octanol–water partition coefficient (Wildman–Crippen LogP) is 3.98. The molecule has 0 spiro atoms. The van der Waals surface area contributed by atoms with Crippen LogP contribution in [0.15, 0.2) is 29.6 Å². The van der Waals surface area contributed by atoms with Crippen molar-refractivity contribution in [3.05, 3.63) is 40.5 Å². The topological polar surface area (TPSA) is 41.1 Å². The molecule has 4 nitrogen and oxygen atoms in total. The van der Waals surface area contributed by atoms with Gasteiger partial charge in [-0.1, -0.05) is 31.2 Å². The molecule has 1 saturated heterocycles. The van der Waals surface area contributed by atoms with Crippen LogP contribution in [0.5, 0.6) is 0 Å². The first-order valence-corrected chi connectivity index (χ1v) is 9.51. The molecule has 0 aliphatic carbocycles. The number of thiophene rings is 1. The summed E-state index contributed by atoms with van der Waals surface area (Å²) in [6.45, 7) is 5.98. The molecule has 0 radical (unpaired) electrons. The number of anilines is 1. The molecule has 0 bridgehead atoms. The minimum atomic E-state index is 0.325. The Morgan fingerprint density at radius 2 is 1.92 bits per heavy atom. The van der Waals surface area contributed by atoms with Crippen LogP contribution in [0.2, 0.25) is 5.28 Å². The Hall–Kier alpha value is -1.69. The van der Waals surface area contributed by atoms with E-state index in [1.807, 2.05) is 0 Å². The highest BCUT2D eigenvalue weighted by atomic mass is 35.5. The Bertz CT molecular complexity index is 853. The van der Waals surface area contributed by atoms with Crippen molar-refractivity contribution in [3.8, 4) is 11.1 Å². The van der Waals surface area contributed by atoms with Crippen molar-refractivity contribution >= 4 is 39.0 Å². The van der Waals surface area contributed by atoms with E-state index in [1.54, 1.807) is 11.3 Å². The van der Waals surface area contributed by atoms with Crippen LogP contribution in [0.3, 0.4) is 0 Å². The molecule has 6 heteroatoms. The molecule has 3 heterocycles. The van der Waals surface area contributed by atoms with Crippen molar-refractivity contribution in [2.24, 2.45) is 0 Å². The van der Waals surface area contributed by atoms with E-state index in [1.165, 1.54) is 16.7 Å². The Morgan fingerprint density at radius 3 is 2.62 bits per heavy atom. The zero-order valence-corrected chi connectivity index (χ0v) is 15.1. The summed E-state index contributed by atoms with van der Waals surface area (Å²) >= 11 is 7.81. The molecular weight excluding hydrogens is 340 g/mol. The summed E-state index contributed by atoms with van der Waals surface area (Å²) in [5.41, 5.74) is 3.75. The van der Waals surface area contributed by atoms with Gasteiger partial charge in [-0.05, 0) is 29.1 Å².